The molecule has 9 heteroatoms. The summed E-state index contributed by atoms with van der Waals surface area (Å²) >= 11 is 0. The van der Waals surface area contributed by atoms with Crippen molar-refractivity contribution in [3.63, 3.8) is 0 Å². The zero-order valence-electron chi connectivity index (χ0n) is 29.0. The second kappa shape index (κ2) is 14.6. The Hall–Kier alpha value is -6.48. The number of imidazole rings is 1. The molecule has 0 spiro atoms. The molecule has 0 radical (unpaired) electrons. The van der Waals surface area contributed by atoms with Crippen LogP contribution < -0.4 is 5.32 Å². The van der Waals surface area contributed by atoms with E-state index in [2.05, 4.69) is 9.88 Å². The number of carboxylic acids is 1. The van der Waals surface area contributed by atoms with Gasteiger partial charge in [-0.05, 0) is 54.8 Å². The Bertz CT molecular complexity index is 2450. The number of benzene rings is 5. The van der Waals surface area contributed by atoms with Gasteiger partial charge in [0.15, 0.2) is 5.78 Å². The number of amides is 1. The highest BCUT2D eigenvalue weighted by Gasteiger charge is 2.25. The maximum absolute atomic E-state index is 13.6. The number of ketones is 1. The molecule has 1 aliphatic carbocycles. The molecule has 1 amide bonds. The van der Waals surface area contributed by atoms with E-state index in [1.165, 1.54) is 6.42 Å². The molecule has 8 rings (SSSR count). The Kier molecular flexibility index (Phi) is 9.29. The topological polar surface area (TPSA) is 127 Å². The number of fused-ring (bicyclic) bond motifs is 2. The molecule has 0 bridgehead atoms. The molecule has 262 valence electrons. The molecule has 1 aliphatic rings. The molecule has 1 atom stereocenters. The lowest BCUT2D eigenvalue weighted by Gasteiger charge is -2.25. The highest BCUT2D eigenvalue weighted by molar-refractivity contribution is 6.09. The number of hydrogen-bond acceptors (Lipinski definition) is 6. The zero-order valence-corrected chi connectivity index (χ0v) is 29.0. The fourth-order valence-electron chi connectivity index (χ4n) is 7.28. The van der Waals surface area contributed by atoms with Crippen LogP contribution in [0.2, 0.25) is 0 Å². The smallest absolute Gasteiger partial charge is 0.326 e. The molecule has 0 aliphatic heterocycles. The Balaban J connectivity index is 1.06. The standard InChI is InChI=1S/C44H37N5O4/c50-41(30-12-6-2-7-13-30)31-18-16-28(17-19-31)24-38(44(52)53)48-43(51)33-21-23-40-37(26-33)47-42(49(40)34-14-8-3-9-15-34)32-20-22-35-36(25-32)45-27-39(46-35)29-10-4-1-5-11-29/h1-2,4-7,10-13,16-23,25-27,34,38H,3,8-9,14-15,24H2,(H,48,51)(H,52,53). The summed E-state index contributed by atoms with van der Waals surface area (Å²) < 4.78 is 2.30. The number of aromatic nitrogens is 4. The minimum Gasteiger partial charge on any atom is -0.480 e. The van der Waals surface area contributed by atoms with Crippen LogP contribution in [0.5, 0.6) is 0 Å². The molecule has 1 unspecified atom stereocenters. The molecule has 2 N–H and O–H groups in total. The van der Waals surface area contributed by atoms with Gasteiger partial charge in [0.1, 0.15) is 11.9 Å². The van der Waals surface area contributed by atoms with E-state index in [9.17, 15) is 19.5 Å². The minimum absolute atomic E-state index is 0.0568. The highest BCUT2D eigenvalue weighted by atomic mass is 16.4. The number of nitrogens with zero attached hydrogens (tertiary/aromatic N) is 4. The lowest BCUT2D eigenvalue weighted by atomic mass is 9.94. The number of carboxylic acid groups (broad SMARTS) is 1. The third-order valence-corrected chi connectivity index (χ3v) is 10.1. The summed E-state index contributed by atoms with van der Waals surface area (Å²) in [5, 5.41) is 12.8. The van der Waals surface area contributed by atoms with Crippen LogP contribution in [0.1, 0.15) is 70.0 Å². The lowest BCUT2D eigenvalue weighted by molar-refractivity contribution is -0.139. The van der Waals surface area contributed by atoms with Gasteiger partial charge in [0, 0.05) is 40.3 Å². The van der Waals surface area contributed by atoms with Crippen LogP contribution in [0.3, 0.4) is 0 Å². The van der Waals surface area contributed by atoms with Crippen molar-refractivity contribution in [2.45, 2.75) is 50.6 Å². The lowest BCUT2D eigenvalue weighted by Crippen LogP contribution is -2.42. The van der Waals surface area contributed by atoms with Gasteiger partial charge < -0.3 is 15.0 Å². The van der Waals surface area contributed by atoms with Crippen LogP contribution in [-0.4, -0.2) is 48.3 Å². The maximum Gasteiger partial charge on any atom is 0.326 e. The van der Waals surface area contributed by atoms with Crippen LogP contribution in [-0.2, 0) is 11.2 Å². The monoisotopic (exact) mass is 699 g/mol. The normalized spacial score (nSPS) is 13.9. The Morgan fingerprint density at radius 3 is 2.13 bits per heavy atom. The third kappa shape index (κ3) is 7.06. The van der Waals surface area contributed by atoms with Gasteiger partial charge in [0.05, 0.1) is 34.0 Å². The Labute approximate surface area is 306 Å². The van der Waals surface area contributed by atoms with Gasteiger partial charge >= 0.3 is 5.97 Å². The van der Waals surface area contributed by atoms with Crippen LogP contribution >= 0.6 is 0 Å². The van der Waals surface area contributed by atoms with Crippen molar-refractivity contribution in [2.24, 2.45) is 0 Å². The van der Waals surface area contributed by atoms with E-state index < -0.39 is 17.9 Å². The summed E-state index contributed by atoms with van der Waals surface area (Å²) in [6.07, 6.45) is 7.41. The largest absolute Gasteiger partial charge is 0.480 e. The molecular formula is C44H37N5O4. The number of aliphatic carboxylic acids is 1. The molecular weight excluding hydrogens is 663 g/mol. The minimum atomic E-state index is -1.18. The third-order valence-electron chi connectivity index (χ3n) is 10.1. The Morgan fingerprint density at radius 1 is 0.698 bits per heavy atom. The fraction of sp³-hybridized carbons (Fsp3) is 0.182. The predicted octanol–water partition coefficient (Wildman–Crippen LogP) is 8.48. The molecule has 7 aromatic rings. The SMILES string of the molecule is O=C(NC(Cc1ccc(C(=O)c2ccccc2)cc1)C(=O)O)c1ccc2c(c1)nc(-c1ccc3nc(-c4ccccc4)cnc3c1)n2C1CCCCC1. The predicted molar refractivity (Wildman–Crippen MR) is 205 cm³/mol. The molecule has 2 heterocycles. The summed E-state index contributed by atoms with van der Waals surface area (Å²) in [5.74, 6) is -0.962. The highest BCUT2D eigenvalue weighted by Crippen LogP contribution is 2.37. The fourth-order valence-corrected chi connectivity index (χ4v) is 7.28. The van der Waals surface area contributed by atoms with Gasteiger partial charge in [-0.3, -0.25) is 14.6 Å². The number of carbonyl (C=O) groups is 3. The van der Waals surface area contributed by atoms with Gasteiger partial charge in [-0.2, -0.15) is 0 Å². The van der Waals surface area contributed by atoms with E-state index in [1.54, 1.807) is 54.7 Å². The average Bonchev–Trinajstić information content (AvgIpc) is 3.60. The molecule has 53 heavy (non-hydrogen) atoms. The van der Waals surface area contributed by atoms with E-state index in [0.717, 1.165) is 64.9 Å². The Morgan fingerprint density at radius 2 is 1.40 bits per heavy atom. The van der Waals surface area contributed by atoms with Gasteiger partial charge in [-0.25, -0.2) is 14.8 Å². The average molecular weight is 700 g/mol. The summed E-state index contributed by atoms with van der Waals surface area (Å²) in [6.45, 7) is 0. The number of nitrogens with one attached hydrogen (secondary N) is 1. The van der Waals surface area contributed by atoms with Crippen LogP contribution in [0, 0.1) is 0 Å². The molecule has 0 saturated heterocycles. The number of hydrogen-bond donors (Lipinski definition) is 2. The van der Waals surface area contributed by atoms with Crippen LogP contribution in [0.15, 0.2) is 128 Å². The zero-order chi connectivity index (χ0) is 36.3. The second-order valence-electron chi connectivity index (χ2n) is 13.6. The number of carbonyl (C=O) groups excluding carboxylic acids is 2. The van der Waals surface area contributed by atoms with Crippen molar-refractivity contribution in [3.8, 4) is 22.6 Å². The van der Waals surface area contributed by atoms with E-state index in [4.69, 9.17) is 15.0 Å². The van der Waals surface area contributed by atoms with Gasteiger partial charge in [-0.15, -0.1) is 0 Å². The van der Waals surface area contributed by atoms with Gasteiger partial charge in [0.25, 0.3) is 5.91 Å². The molecule has 2 aromatic heterocycles. The van der Waals surface area contributed by atoms with Crippen molar-refractivity contribution in [2.75, 3.05) is 0 Å². The van der Waals surface area contributed by atoms with Crippen molar-refractivity contribution in [1.82, 2.24) is 24.8 Å². The van der Waals surface area contributed by atoms with E-state index in [1.807, 2.05) is 72.8 Å². The maximum atomic E-state index is 13.6. The molecule has 5 aromatic carbocycles. The molecule has 1 saturated carbocycles. The second-order valence-corrected chi connectivity index (χ2v) is 13.6. The molecule has 9 nitrogen and oxygen atoms in total. The van der Waals surface area contributed by atoms with E-state index in [0.29, 0.717) is 27.8 Å². The first-order valence-electron chi connectivity index (χ1n) is 18.0. The summed E-state index contributed by atoms with van der Waals surface area (Å²) in [7, 11) is 0. The van der Waals surface area contributed by atoms with E-state index >= 15 is 0 Å². The summed E-state index contributed by atoms with van der Waals surface area (Å²) in [4.78, 5) is 53.4. The first-order valence-corrected chi connectivity index (χ1v) is 18.0. The van der Waals surface area contributed by atoms with Crippen molar-refractivity contribution in [1.29, 1.82) is 0 Å². The van der Waals surface area contributed by atoms with E-state index in [-0.39, 0.29) is 18.2 Å². The van der Waals surface area contributed by atoms with Crippen LogP contribution in [0.4, 0.5) is 0 Å². The quantitative estimate of drug-likeness (QED) is 0.137. The van der Waals surface area contributed by atoms with Crippen LogP contribution in [0.25, 0.3) is 44.7 Å². The van der Waals surface area contributed by atoms with Crippen molar-refractivity contribution >= 4 is 39.7 Å². The van der Waals surface area contributed by atoms with Crippen molar-refractivity contribution in [3.05, 3.63) is 150 Å². The van der Waals surface area contributed by atoms with Gasteiger partial charge in [-0.1, -0.05) is 104 Å². The summed E-state index contributed by atoms with van der Waals surface area (Å²) in [6, 6.07) is 36.3. The first-order chi connectivity index (χ1) is 25.9. The van der Waals surface area contributed by atoms with Crippen molar-refractivity contribution < 1.29 is 19.5 Å². The summed E-state index contributed by atoms with van der Waals surface area (Å²) in [5.41, 5.74) is 7.96. The molecule has 1 fully saturated rings. The van der Waals surface area contributed by atoms with Gasteiger partial charge in [0.2, 0.25) is 0 Å². The first kappa shape index (κ1) is 33.7. The number of rotatable bonds is 10.